The van der Waals surface area contributed by atoms with E-state index in [2.05, 4.69) is 16.0 Å². The first-order valence-corrected chi connectivity index (χ1v) is 10.3. The van der Waals surface area contributed by atoms with Crippen LogP contribution in [0.2, 0.25) is 0 Å². The highest BCUT2D eigenvalue weighted by Crippen LogP contribution is 2.31. The van der Waals surface area contributed by atoms with Crippen molar-refractivity contribution in [3.63, 3.8) is 0 Å². The Labute approximate surface area is 185 Å². The maximum absolute atomic E-state index is 13.4. The summed E-state index contributed by atoms with van der Waals surface area (Å²) >= 11 is 0. The molecule has 4 rings (SSSR count). The van der Waals surface area contributed by atoms with Crippen molar-refractivity contribution in [3.05, 3.63) is 89.0 Å². The maximum Gasteiger partial charge on any atom is 0.161 e. The number of aromatic nitrogens is 2. The monoisotopic (exact) mass is 427 g/mol. The molecular weight excluding hydrogens is 405 g/mol. The Balaban J connectivity index is 1.61. The number of H-pyrrole nitrogens is 1. The summed E-state index contributed by atoms with van der Waals surface area (Å²) in [7, 11) is 0. The Morgan fingerprint density at radius 1 is 1.09 bits per heavy atom. The van der Waals surface area contributed by atoms with Crippen LogP contribution in [0.25, 0.3) is 22.7 Å². The smallest absolute Gasteiger partial charge is 0.161 e. The van der Waals surface area contributed by atoms with Gasteiger partial charge >= 0.3 is 0 Å². The molecule has 0 fully saturated rings. The molecule has 1 N–H and O–H groups in total. The summed E-state index contributed by atoms with van der Waals surface area (Å²) < 4.78 is 25.0. The minimum Gasteiger partial charge on any atom is -0.490 e. The van der Waals surface area contributed by atoms with Gasteiger partial charge in [0.1, 0.15) is 24.3 Å². The molecule has 0 radical (unpaired) electrons. The van der Waals surface area contributed by atoms with E-state index in [1.54, 1.807) is 24.3 Å². The first kappa shape index (κ1) is 21.1. The molecule has 0 aliphatic rings. The van der Waals surface area contributed by atoms with Crippen LogP contribution in [0.4, 0.5) is 4.39 Å². The summed E-state index contributed by atoms with van der Waals surface area (Å²) in [6, 6.07) is 19.9. The van der Waals surface area contributed by atoms with Gasteiger partial charge in [0, 0.05) is 0 Å². The fraction of sp³-hybridized carbons (Fsp3) is 0.154. The van der Waals surface area contributed by atoms with Crippen molar-refractivity contribution in [2.45, 2.75) is 20.5 Å². The number of nitriles is 1. The molecule has 6 heteroatoms. The second-order valence-electron chi connectivity index (χ2n) is 7.33. The van der Waals surface area contributed by atoms with Gasteiger partial charge in [-0.05, 0) is 73.0 Å². The molecule has 0 aliphatic carbocycles. The number of nitrogens with one attached hydrogen (secondary N) is 1. The van der Waals surface area contributed by atoms with Gasteiger partial charge in [-0.15, -0.1) is 0 Å². The average molecular weight is 427 g/mol. The van der Waals surface area contributed by atoms with E-state index in [4.69, 9.17) is 9.47 Å². The van der Waals surface area contributed by atoms with Gasteiger partial charge in [0.15, 0.2) is 11.5 Å². The number of ether oxygens (including phenoxy) is 2. The highest BCUT2D eigenvalue weighted by molar-refractivity contribution is 5.90. The lowest BCUT2D eigenvalue weighted by Crippen LogP contribution is -2.00. The molecular formula is C26H22FN3O2. The minimum atomic E-state index is -0.304. The number of allylic oxidation sites excluding steroid dienone is 1. The van der Waals surface area contributed by atoms with Crippen LogP contribution in [0.15, 0.2) is 60.7 Å². The number of aryl methyl sites for hydroxylation is 1. The first-order valence-electron chi connectivity index (χ1n) is 10.3. The lowest BCUT2D eigenvalue weighted by molar-refractivity contribution is 0.269. The SMILES string of the molecule is CCOc1cc(/C=C(\C#N)c2nc3ccc(C)cc3[nH]2)ccc1OCc1cccc(F)c1. The number of fused-ring (bicyclic) bond motifs is 1. The quantitative estimate of drug-likeness (QED) is 0.364. The van der Waals surface area contributed by atoms with E-state index in [0.717, 1.165) is 27.7 Å². The molecule has 4 aromatic rings. The van der Waals surface area contributed by atoms with Crippen molar-refractivity contribution in [1.82, 2.24) is 9.97 Å². The van der Waals surface area contributed by atoms with Gasteiger partial charge in [0.2, 0.25) is 0 Å². The van der Waals surface area contributed by atoms with Crippen LogP contribution in [0.3, 0.4) is 0 Å². The van der Waals surface area contributed by atoms with Gasteiger partial charge in [-0.2, -0.15) is 5.26 Å². The van der Waals surface area contributed by atoms with E-state index in [1.807, 2.05) is 44.2 Å². The first-order chi connectivity index (χ1) is 15.6. The van der Waals surface area contributed by atoms with E-state index in [1.165, 1.54) is 12.1 Å². The number of hydrogen-bond donors (Lipinski definition) is 1. The van der Waals surface area contributed by atoms with Gasteiger partial charge in [0.05, 0.1) is 23.2 Å². The highest BCUT2D eigenvalue weighted by Gasteiger charge is 2.11. The lowest BCUT2D eigenvalue weighted by atomic mass is 10.1. The Hall–Kier alpha value is -4.11. The Bertz CT molecular complexity index is 1330. The molecule has 32 heavy (non-hydrogen) atoms. The van der Waals surface area contributed by atoms with Crippen LogP contribution in [-0.4, -0.2) is 16.6 Å². The van der Waals surface area contributed by atoms with Crippen LogP contribution in [0.5, 0.6) is 11.5 Å². The summed E-state index contributed by atoms with van der Waals surface area (Å²) in [4.78, 5) is 7.75. The van der Waals surface area contributed by atoms with Crippen LogP contribution >= 0.6 is 0 Å². The summed E-state index contributed by atoms with van der Waals surface area (Å²) in [5.74, 6) is 1.31. The van der Waals surface area contributed by atoms with Crippen LogP contribution < -0.4 is 9.47 Å². The van der Waals surface area contributed by atoms with E-state index < -0.39 is 0 Å². The molecule has 0 amide bonds. The normalized spacial score (nSPS) is 11.4. The lowest BCUT2D eigenvalue weighted by Gasteiger charge is -2.13. The van der Waals surface area contributed by atoms with Gasteiger partial charge < -0.3 is 14.5 Å². The van der Waals surface area contributed by atoms with Crippen molar-refractivity contribution in [3.8, 4) is 17.6 Å². The average Bonchev–Trinajstić information content (AvgIpc) is 3.20. The van der Waals surface area contributed by atoms with E-state index in [9.17, 15) is 9.65 Å². The molecule has 0 aliphatic heterocycles. The third kappa shape index (κ3) is 4.79. The second-order valence-corrected chi connectivity index (χ2v) is 7.33. The minimum absolute atomic E-state index is 0.217. The fourth-order valence-electron chi connectivity index (χ4n) is 3.36. The van der Waals surface area contributed by atoms with Crippen molar-refractivity contribution < 1.29 is 13.9 Å². The number of nitrogens with zero attached hydrogens (tertiary/aromatic N) is 2. The predicted molar refractivity (Wildman–Crippen MR) is 123 cm³/mol. The molecule has 0 bridgehead atoms. The number of benzene rings is 3. The Morgan fingerprint density at radius 2 is 1.97 bits per heavy atom. The molecule has 0 saturated carbocycles. The number of rotatable bonds is 7. The molecule has 0 spiro atoms. The van der Waals surface area contributed by atoms with Gasteiger partial charge in [-0.3, -0.25) is 0 Å². The number of hydrogen-bond acceptors (Lipinski definition) is 4. The Morgan fingerprint density at radius 3 is 2.75 bits per heavy atom. The zero-order valence-corrected chi connectivity index (χ0v) is 17.9. The third-order valence-corrected chi connectivity index (χ3v) is 4.87. The Kier molecular flexibility index (Phi) is 6.18. The molecule has 0 unspecified atom stereocenters. The summed E-state index contributed by atoms with van der Waals surface area (Å²) in [6.45, 7) is 4.57. The van der Waals surface area contributed by atoms with Gasteiger partial charge in [-0.25, -0.2) is 9.37 Å². The summed E-state index contributed by atoms with van der Waals surface area (Å²) in [5.41, 5.74) is 4.73. The topological polar surface area (TPSA) is 70.9 Å². The molecule has 0 atom stereocenters. The van der Waals surface area contributed by atoms with Crippen molar-refractivity contribution in [2.24, 2.45) is 0 Å². The molecule has 5 nitrogen and oxygen atoms in total. The zero-order chi connectivity index (χ0) is 22.5. The number of halogens is 1. The molecule has 3 aromatic carbocycles. The summed E-state index contributed by atoms with van der Waals surface area (Å²) in [6.07, 6.45) is 1.75. The van der Waals surface area contributed by atoms with Crippen LogP contribution in [0.1, 0.15) is 29.4 Å². The predicted octanol–water partition coefficient (Wildman–Crippen LogP) is 6.05. The van der Waals surface area contributed by atoms with Gasteiger partial charge in [0.25, 0.3) is 0 Å². The molecule has 160 valence electrons. The van der Waals surface area contributed by atoms with Crippen molar-refractivity contribution in [1.29, 1.82) is 5.26 Å². The standard InChI is InChI=1S/C26H22FN3O2/c1-3-31-25-14-18(8-10-24(25)32-16-19-5-4-6-21(27)13-19)12-20(15-28)26-29-22-9-7-17(2)11-23(22)30-26/h4-14H,3,16H2,1-2H3,(H,29,30)/b20-12+. The van der Waals surface area contributed by atoms with Crippen LogP contribution in [0, 0.1) is 24.1 Å². The van der Waals surface area contributed by atoms with E-state index in [-0.39, 0.29) is 12.4 Å². The van der Waals surface area contributed by atoms with Gasteiger partial charge in [-0.1, -0.05) is 24.3 Å². The van der Waals surface area contributed by atoms with Crippen molar-refractivity contribution >= 4 is 22.7 Å². The summed E-state index contributed by atoms with van der Waals surface area (Å²) in [5, 5.41) is 9.72. The number of aromatic amines is 1. The maximum atomic E-state index is 13.4. The molecule has 0 saturated heterocycles. The fourth-order valence-corrected chi connectivity index (χ4v) is 3.36. The van der Waals surface area contributed by atoms with E-state index >= 15 is 0 Å². The van der Waals surface area contributed by atoms with E-state index in [0.29, 0.717) is 29.5 Å². The van der Waals surface area contributed by atoms with Crippen LogP contribution in [-0.2, 0) is 6.61 Å². The van der Waals surface area contributed by atoms with Crippen molar-refractivity contribution in [2.75, 3.05) is 6.61 Å². The molecule has 1 aromatic heterocycles. The second kappa shape index (κ2) is 9.36. The zero-order valence-electron chi connectivity index (χ0n) is 17.9. The largest absolute Gasteiger partial charge is 0.490 e. The molecule has 1 heterocycles. The number of imidazole rings is 1. The third-order valence-electron chi connectivity index (χ3n) is 4.87. The highest BCUT2D eigenvalue weighted by atomic mass is 19.1.